The number of rotatable bonds is 8. The molecule has 0 radical (unpaired) electrons. The lowest BCUT2D eigenvalue weighted by atomic mass is 9.99. The number of hydrogen-bond acceptors (Lipinski definition) is 3. The molecule has 0 saturated carbocycles. The quantitative estimate of drug-likeness (QED) is 0.768. The molecule has 0 fully saturated rings. The van der Waals surface area contributed by atoms with E-state index in [9.17, 15) is 5.11 Å². The molecule has 1 aromatic rings. The van der Waals surface area contributed by atoms with E-state index in [1.807, 2.05) is 6.92 Å². The van der Waals surface area contributed by atoms with Gasteiger partial charge in [0.2, 0.25) is 0 Å². The molecule has 1 rings (SSSR count). The van der Waals surface area contributed by atoms with Crippen LogP contribution in [0, 0.1) is 20.8 Å². The van der Waals surface area contributed by atoms with Crippen LogP contribution in [-0.2, 0) is 0 Å². The summed E-state index contributed by atoms with van der Waals surface area (Å²) in [5.41, 5.74) is 3.36. The van der Waals surface area contributed by atoms with Crippen LogP contribution >= 0.6 is 0 Å². The van der Waals surface area contributed by atoms with E-state index in [2.05, 4.69) is 45.1 Å². The Morgan fingerprint density at radius 3 is 2.45 bits per heavy atom. The molecule has 0 aliphatic rings. The summed E-state index contributed by atoms with van der Waals surface area (Å²) in [7, 11) is 0. The van der Waals surface area contributed by atoms with E-state index in [4.69, 9.17) is 4.74 Å². The van der Waals surface area contributed by atoms with Crippen molar-refractivity contribution in [2.45, 2.75) is 53.0 Å². The second-order valence-electron chi connectivity index (χ2n) is 5.90. The molecule has 0 heterocycles. The Morgan fingerprint density at radius 1 is 1.20 bits per heavy atom. The number of aliphatic hydroxyl groups excluding tert-OH is 1. The highest BCUT2D eigenvalue weighted by Gasteiger charge is 2.22. The van der Waals surface area contributed by atoms with Gasteiger partial charge in [-0.3, -0.25) is 0 Å². The van der Waals surface area contributed by atoms with E-state index >= 15 is 0 Å². The third-order valence-corrected chi connectivity index (χ3v) is 3.92. The van der Waals surface area contributed by atoms with Gasteiger partial charge < -0.3 is 15.2 Å². The highest BCUT2D eigenvalue weighted by atomic mass is 16.5. The van der Waals surface area contributed by atoms with E-state index < -0.39 is 0 Å². The molecular weight excluding hydrogens is 250 g/mol. The number of aliphatic hydroxyl groups is 1. The molecule has 0 amide bonds. The van der Waals surface area contributed by atoms with Crippen molar-refractivity contribution in [3.05, 3.63) is 28.8 Å². The lowest BCUT2D eigenvalue weighted by molar-refractivity contribution is 0.144. The van der Waals surface area contributed by atoms with Crippen LogP contribution in [0.1, 0.15) is 43.4 Å². The Labute approximate surface area is 123 Å². The van der Waals surface area contributed by atoms with Crippen LogP contribution in [0.2, 0.25) is 0 Å². The van der Waals surface area contributed by atoms with Crippen LogP contribution in [0.5, 0.6) is 5.75 Å². The first-order chi connectivity index (χ1) is 9.43. The summed E-state index contributed by atoms with van der Waals surface area (Å²) in [6, 6.07) is 4.22. The third kappa shape index (κ3) is 4.50. The van der Waals surface area contributed by atoms with Crippen LogP contribution in [0.15, 0.2) is 12.1 Å². The van der Waals surface area contributed by atoms with E-state index in [1.165, 1.54) is 16.7 Å². The molecule has 0 saturated heterocycles. The summed E-state index contributed by atoms with van der Waals surface area (Å²) >= 11 is 0. The normalized spacial score (nSPS) is 14.1. The summed E-state index contributed by atoms with van der Waals surface area (Å²) in [6.45, 7) is 12.1. The number of hydrogen-bond donors (Lipinski definition) is 2. The first-order valence-corrected chi connectivity index (χ1v) is 7.49. The summed E-state index contributed by atoms with van der Waals surface area (Å²) in [4.78, 5) is 0. The standard InChI is InChI=1S/C17H29NO2/c1-6-10-18-17(5,12-19)9-11-20-16-14(3)8-7-13(2)15(16)4/h7-8,18-19H,6,9-12H2,1-5H3. The maximum absolute atomic E-state index is 9.54. The number of ether oxygens (including phenoxy) is 1. The third-order valence-electron chi connectivity index (χ3n) is 3.92. The SMILES string of the molecule is CCCNC(C)(CO)CCOc1c(C)ccc(C)c1C. The van der Waals surface area contributed by atoms with Crippen LogP contribution in [0.25, 0.3) is 0 Å². The molecule has 1 atom stereocenters. The van der Waals surface area contributed by atoms with Crippen molar-refractivity contribution >= 4 is 0 Å². The fraction of sp³-hybridized carbons (Fsp3) is 0.647. The smallest absolute Gasteiger partial charge is 0.125 e. The van der Waals surface area contributed by atoms with Gasteiger partial charge in [-0.15, -0.1) is 0 Å². The second-order valence-corrected chi connectivity index (χ2v) is 5.90. The van der Waals surface area contributed by atoms with Crippen molar-refractivity contribution in [1.82, 2.24) is 5.32 Å². The van der Waals surface area contributed by atoms with E-state index in [0.717, 1.165) is 25.1 Å². The molecule has 0 spiro atoms. The number of benzene rings is 1. The maximum Gasteiger partial charge on any atom is 0.125 e. The summed E-state index contributed by atoms with van der Waals surface area (Å²) < 4.78 is 5.97. The Hall–Kier alpha value is -1.06. The van der Waals surface area contributed by atoms with Gasteiger partial charge in [0, 0.05) is 12.0 Å². The van der Waals surface area contributed by atoms with Gasteiger partial charge in [-0.2, -0.15) is 0 Å². The zero-order chi connectivity index (χ0) is 15.2. The molecule has 1 unspecified atom stereocenters. The molecule has 3 heteroatoms. The minimum atomic E-state index is -0.262. The lowest BCUT2D eigenvalue weighted by Crippen LogP contribution is -2.47. The van der Waals surface area contributed by atoms with E-state index in [0.29, 0.717) is 6.61 Å². The average molecular weight is 279 g/mol. The first kappa shape index (κ1) is 17.0. The Balaban J connectivity index is 2.61. The zero-order valence-electron chi connectivity index (χ0n) is 13.5. The van der Waals surface area contributed by atoms with Gasteiger partial charge in [0.25, 0.3) is 0 Å². The summed E-state index contributed by atoms with van der Waals surface area (Å²) in [5.74, 6) is 0.987. The van der Waals surface area contributed by atoms with Gasteiger partial charge in [0.1, 0.15) is 5.75 Å². The Morgan fingerprint density at radius 2 is 1.85 bits per heavy atom. The monoisotopic (exact) mass is 279 g/mol. The second kappa shape index (κ2) is 7.65. The molecule has 0 aromatic heterocycles. The van der Waals surface area contributed by atoms with Gasteiger partial charge in [-0.25, -0.2) is 0 Å². The molecule has 20 heavy (non-hydrogen) atoms. The topological polar surface area (TPSA) is 41.5 Å². The molecule has 114 valence electrons. The molecule has 0 aliphatic carbocycles. The molecule has 3 nitrogen and oxygen atoms in total. The average Bonchev–Trinajstić information content (AvgIpc) is 2.44. The predicted octanol–water partition coefficient (Wildman–Crippen LogP) is 3.13. The van der Waals surface area contributed by atoms with E-state index in [1.54, 1.807) is 0 Å². The fourth-order valence-electron chi connectivity index (χ4n) is 2.18. The van der Waals surface area contributed by atoms with Crippen LogP contribution in [0.4, 0.5) is 0 Å². The minimum Gasteiger partial charge on any atom is -0.493 e. The highest BCUT2D eigenvalue weighted by Crippen LogP contribution is 2.26. The van der Waals surface area contributed by atoms with Crippen LogP contribution in [-0.4, -0.2) is 30.4 Å². The summed E-state index contributed by atoms with van der Waals surface area (Å²) in [5, 5.41) is 12.9. The van der Waals surface area contributed by atoms with Crippen molar-refractivity contribution in [2.24, 2.45) is 0 Å². The van der Waals surface area contributed by atoms with Crippen molar-refractivity contribution in [3.8, 4) is 5.75 Å². The number of nitrogens with one attached hydrogen (secondary N) is 1. The van der Waals surface area contributed by atoms with Crippen LogP contribution in [0.3, 0.4) is 0 Å². The van der Waals surface area contributed by atoms with Gasteiger partial charge in [-0.05, 0) is 57.4 Å². The van der Waals surface area contributed by atoms with Gasteiger partial charge in [0.05, 0.1) is 13.2 Å². The highest BCUT2D eigenvalue weighted by molar-refractivity contribution is 5.44. The van der Waals surface area contributed by atoms with Gasteiger partial charge >= 0.3 is 0 Å². The molecule has 0 bridgehead atoms. The first-order valence-electron chi connectivity index (χ1n) is 7.49. The minimum absolute atomic E-state index is 0.127. The Kier molecular flexibility index (Phi) is 6.50. The van der Waals surface area contributed by atoms with Crippen molar-refractivity contribution in [1.29, 1.82) is 0 Å². The molecule has 1 aromatic carbocycles. The van der Waals surface area contributed by atoms with Crippen molar-refractivity contribution in [2.75, 3.05) is 19.8 Å². The Bertz CT molecular complexity index is 431. The molecular formula is C17H29NO2. The number of aryl methyl sites for hydroxylation is 2. The maximum atomic E-state index is 9.54. The molecule has 0 aliphatic heterocycles. The lowest BCUT2D eigenvalue weighted by Gasteiger charge is -2.29. The zero-order valence-corrected chi connectivity index (χ0v) is 13.5. The van der Waals surface area contributed by atoms with Crippen LogP contribution < -0.4 is 10.1 Å². The fourth-order valence-corrected chi connectivity index (χ4v) is 2.18. The van der Waals surface area contributed by atoms with E-state index in [-0.39, 0.29) is 12.1 Å². The summed E-state index contributed by atoms with van der Waals surface area (Å²) in [6.07, 6.45) is 1.85. The van der Waals surface area contributed by atoms with Crippen molar-refractivity contribution < 1.29 is 9.84 Å². The van der Waals surface area contributed by atoms with Gasteiger partial charge in [0.15, 0.2) is 0 Å². The molecule has 2 N–H and O–H groups in total. The largest absolute Gasteiger partial charge is 0.493 e. The van der Waals surface area contributed by atoms with Crippen molar-refractivity contribution in [3.63, 3.8) is 0 Å². The van der Waals surface area contributed by atoms with Gasteiger partial charge in [-0.1, -0.05) is 19.1 Å². The predicted molar refractivity (Wildman–Crippen MR) is 84.5 cm³/mol.